The summed E-state index contributed by atoms with van der Waals surface area (Å²) < 4.78 is 2.29. The van der Waals surface area contributed by atoms with Gasteiger partial charge in [-0.15, -0.1) is 11.3 Å². The molecule has 0 aromatic carbocycles. The van der Waals surface area contributed by atoms with E-state index < -0.39 is 0 Å². The minimum atomic E-state index is 0.652. The van der Waals surface area contributed by atoms with Gasteiger partial charge < -0.3 is 9.88 Å². The van der Waals surface area contributed by atoms with Gasteiger partial charge in [-0.05, 0) is 25.5 Å². The molecule has 3 heterocycles. The first-order valence-corrected chi connectivity index (χ1v) is 6.82. The lowest BCUT2D eigenvalue weighted by Crippen LogP contribution is -2.40. The molecule has 1 fully saturated rings. The van der Waals surface area contributed by atoms with E-state index in [9.17, 15) is 0 Å². The second-order valence-corrected chi connectivity index (χ2v) is 6.09. The average Bonchev–Trinajstić information content (AvgIpc) is 2.74. The van der Waals surface area contributed by atoms with Gasteiger partial charge in [-0.2, -0.15) is 0 Å². The molecule has 0 saturated carbocycles. The fourth-order valence-electron chi connectivity index (χ4n) is 2.20. The Balaban J connectivity index is 1.82. The Kier molecular flexibility index (Phi) is 2.76. The third-order valence-corrected chi connectivity index (χ3v) is 4.62. The molecule has 90 valence electrons. The Hall–Kier alpha value is -1.13. The van der Waals surface area contributed by atoms with Crippen molar-refractivity contribution in [1.29, 1.82) is 0 Å². The van der Waals surface area contributed by atoms with Crippen molar-refractivity contribution in [2.75, 3.05) is 13.1 Å². The minimum absolute atomic E-state index is 0.652. The topological polar surface area (TPSA) is 29.9 Å². The van der Waals surface area contributed by atoms with E-state index in [2.05, 4.69) is 34.8 Å². The lowest BCUT2D eigenvalue weighted by atomic mass is 10.00. The Morgan fingerprint density at radius 1 is 1.47 bits per heavy atom. The molecule has 0 aliphatic carbocycles. The number of thiophene rings is 1. The molecule has 0 spiro atoms. The van der Waals surface area contributed by atoms with Crippen LogP contribution in [0.4, 0.5) is 0 Å². The van der Waals surface area contributed by atoms with Crippen molar-refractivity contribution in [1.82, 2.24) is 14.9 Å². The fourth-order valence-corrected chi connectivity index (χ4v) is 3.25. The van der Waals surface area contributed by atoms with E-state index in [4.69, 9.17) is 0 Å². The molecule has 2 aromatic heterocycles. The van der Waals surface area contributed by atoms with E-state index in [0.717, 1.165) is 19.6 Å². The van der Waals surface area contributed by atoms with Gasteiger partial charge >= 0.3 is 0 Å². The number of rotatable bonds is 3. The molecule has 1 aliphatic rings. The molecule has 0 amide bonds. The maximum absolute atomic E-state index is 4.29. The van der Waals surface area contributed by atoms with Crippen molar-refractivity contribution < 1.29 is 0 Å². The van der Waals surface area contributed by atoms with Crippen molar-refractivity contribution in [3.63, 3.8) is 0 Å². The molecule has 2 aromatic rings. The SMILES string of the molecule is Cc1cc(Cn2cncc2C2CNC2)sc1C. The Morgan fingerprint density at radius 2 is 2.29 bits per heavy atom. The van der Waals surface area contributed by atoms with E-state index >= 15 is 0 Å². The summed E-state index contributed by atoms with van der Waals surface area (Å²) in [5, 5.41) is 3.32. The van der Waals surface area contributed by atoms with E-state index in [1.54, 1.807) is 0 Å². The van der Waals surface area contributed by atoms with Crippen LogP contribution < -0.4 is 5.32 Å². The quantitative estimate of drug-likeness (QED) is 0.902. The molecule has 4 heteroatoms. The molecule has 0 bridgehead atoms. The van der Waals surface area contributed by atoms with Crippen LogP contribution in [0.25, 0.3) is 0 Å². The molecule has 1 N–H and O–H groups in total. The van der Waals surface area contributed by atoms with Gasteiger partial charge in [0, 0.05) is 40.7 Å². The first-order chi connectivity index (χ1) is 8.24. The van der Waals surface area contributed by atoms with Crippen LogP contribution in [0.15, 0.2) is 18.6 Å². The van der Waals surface area contributed by atoms with Crippen LogP contribution in [0.1, 0.15) is 26.9 Å². The van der Waals surface area contributed by atoms with Crippen LogP contribution in [0.2, 0.25) is 0 Å². The highest BCUT2D eigenvalue weighted by atomic mass is 32.1. The summed E-state index contributed by atoms with van der Waals surface area (Å²) >= 11 is 1.89. The highest BCUT2D eigenvalue weighted by Crippen LogP contribution is 2.24. The standard InChI is InChI=1S/C13H17N3S/c1-9-3-12(17-10(9)2)7-16-8-15-6-13(16)11-4-14-5-11/h3,6,8,11,14H,4-5,7H2,1-2H3. The molecule has 1 aliphatic heterocycles. The average molecular weight is 247 g/mol. The zero-order valence-corrected chi connectivity index (χ0v) is 11.0. The van der Waals surface area contributed by atoms with Crippen molar-refractivity contribution in [2.24, 2.45) is 0 Å². The highest BCUT2D eigenvalue weighted by molar-refractivity contribution is 7.12. The molecular formula is C13H17N3S. The second kappa shape index (κ2) is 4.27. The van der Waals surface area contributed by atoms with E-state index in [0.29, 0.717) is 5.92 Å². The van der Waals surface area contributed by atoms with Crippen LogP contribution in [-0.2, 0) is 6.54 Å². The maximum Gasteiger partial charge on any atom is 0.0951 e. The van der Waals surface area contributed by atoms with Gasteiger partial charge in [0.25, 0.3) is 0 Å². The Bertz CT molecular complexity index is 503. The lowest BCUT2D eigenvalue weighted by molar-refractivity contribution is 0.427. The summed E-state index contributed by atoms with van der Waals surface area (Å²) in [4.78, 5) is 7.14. The number of hydrogen-bond acceptors (Lipinski definition) is 3. The molecule has 0 unspecified atom stereocenters. The molecule has 0 radical (unpaired) electrons. The van der Waals surface area contributed by atoms with E-state index in [1.807, 2.05) is 23.9 Å². The van der Waals surface area contributed by atoms with E-state index in [-0.39, 0.29) is 0 Å². The third-order valence-electron chi connectivity index (χ3n) is 3.49. The van der Waals surface area contributed by atoms with E-state index in [1.165, 1.54) is 21.0 Å². The summed E-state index contributed by atoms with van der Waals surface area (Å²) in [5.74, 6) is 0.652. The Labute approximate surface area is 106 Å². The van der Waals surface area contributed by atoms with Gasteiger partial charge in [0.05, 0.1) is 12.9 Å². The van der Waals surface area contributed by atoms with Gasteiger partial charge in [0.15, 0.2) is 0 Å². The van der Waals surface area contributed by atoms with Crippen molar-refractivity contribution >= 4 is 11.3 Å². The monoisotopic (exact) mass is 247 g/mol. The fraction of sp³-hybridized carbons (Fsp3) is 0.462. The van der Waals surface area contributed by atoms with Gasteiger partial charge in [-0.25, -0.2) is 4.98 Å². The summed E-state index contributed by atoms with van der Waals surface area (Å²) in [6, 6.07) is 2.29. The lowest BCUT2D eigenvalue weighted by Gasteiger charge is -2.27. The molecule has 1 saturated heterocycles. The summed E-state index contributed by atoms with van der Waals surface area (Å²) in [7, 11) is 0. The zero-order chi connectivity index (χ0) is 11.8. The molecular weight excluding hydrogens is 230 g/mol. The predicted molar refractivity (Wildman–Crippen MR) is 70.7 cm³/mol. The van der Waals surface area contributed by atoms with Gasteiger partial charge in [-0.1, -0.05) is 0 Å². The minimum Gasteiger partial charge on any atom is -0.329 e. The third kappa shape index (κ3) is 2.03. The summed E-state index contributed by atoms with van der Waals surface area (Å²) in [5.41, 5.74) is 2.77. The first-order valence-electron chi connectivity index (χ1n) is 6.00. The zero-order valence-electron chi connectivity index (χ0n) is 10.2. The van der Waals surface area contributed by atoms with Crippen LogP contribution >= 0.6 is 11.3 Å². The molecule has 17 heavy (non-hydrogen) atoms. The van der Waals surface area contributed by atoms with Crippen LogP contribution in [0.5, 0.6) is 0 Å². The molecule has 0 atom stereocenters. The highest BCUT2D eigenvalue weighted by Gasteiger charge is 2.22. The van der Waals surface area contributed by atoms with Crippen molar-refractivity contribution in [3.05, 3.63) is 39.6 Å². The van der Waals surface area contributed by atoms with Gasteiger partial charge in [0.1, 0.15) is 0 Å². The van der Waals surface area contributed by atoms with Crippen LogP contribution in [0, 0.1) is 13.8 Å². The van der Waals surface area contributed by atoms with Crippen LogP contribution in [-0.4, -0.2) is 22.6 Å². The Morgan fingerprint density at radius 3 is 2.88 bits per heavy atom. The van der Waals surface area contributed by atoms with Gasteiger partial charge in [0.2, 0.25) is 0 Å². The normalized spacial score (nSPS) is 16.1. The van der Waals surface area contributed by atoms with Crippen molar-refractivity contribution in [3.8, 4) is 0 Å². The number of imidazole rings is 1. The largest absolute Gasteiger partial charge is 0.329 e. The predicted octanol–water partition coefficient (Wildman–Crippen LogP) is 2.30. The molecule has 3 nitrogen and oxygen atoms in total. The summed E-state index contributed by atoms with van der Waals surface area (Å²) in [6.45, 7) is 7.52. The van der Waals surface area contributed by atoms with Gasteiger partial charge in [-0.3, -0.25) is 0 Å². The molecule has 3 rings (SSSR count). The maximum atomic E-state index is 4.29. The number of aromatic nitrogens is 2. The smallest absolute Gasteiger partial charge is 0.0951 e. The number of aryl methyl sites for hydroxylation is 2. The van der Waals surface area contributed by atoms with Crippen LogP contribution in [0.3, 0.4) is 0 Å². The number of hydrogen-bond donors (Lipinski definition) is 1. The summed E-state index contributed by atoms with van der Waals surface area (Å²) in [6.07, 6.45) is 3.97. The first kappa shape index (κ1) is 11.0. The number of nitrogens with zero attached hydrogens (tertiary/aromatic N) is 2. The number of nitrogens with one attached hydrogen (secondary N) is 1. The van der Waals surface area contributed by atoms with Crippen molar-refractivity contribution in [2.45, 2.75) is 26.3 Å². The second-order valence-electron chi connectivity index (χ2n) is 4.75.